The lowest BCUT2D eigenvalue weighted by Gasteiger charge is -2.11. The molecule has 7 heteroatoms. The first-order chi connectivity index (χ1) is 8.40. The average molecular weight is 253 g/mol. The highest BCUT2D eigenvalue weighted by molar-refractivity contribution is 6.07. The molecule has 0 heterocycles. The Kier molecular flexibility index (Phi) is 4.01. The number of aromatic carboxylic acids is 2. The minimum Gasteiger partial charge on any atom is -0.478 e. The van der Waals surface area contributed by atoms with Crippen molar-refractivity contribution in [3.8, 4) is 0 Å². The van der Waals surface area contributed by atoms with Crippen LogP contribution in [-0.2, 0) is 6.42 Å². The molecule has 0 saturated carbocycles. The number of aliphatic hydroxyl groups excluding tert-OH is 1. The molecule has 0 unspecified atom stereocenters. The van der Waals surface area contributed by atoms with Crippen LogP contribution in [0.25, 0.3) is 0 Å². The van der Waals surface area contributed by atoms with Gasteiger partial charge in [-0.2, -0.15) is 0 Å². The highest BCUT2D eigenvalue weighted by Gasteiger charge is 2.23. The zero-order valence-electron chi connectivity index (χ0n) is 9.21. The zero-order valence-corrected chi connectivity index (χ0v) is 9.21. The monoisotopic (exact) mass is 253 g/mol. The van der Waals surface area contributed by atoms with Gasteiger partial charge in [0.2, 0.25) is 5.91 Å². The van der Waals surface area contributed by atoms with Crippen LogP contribution in [0.15, 0.2) is 12.1 Å². The molecular weight excluding hydrogens is 242 g/mol. The van der Waals surface area contributed by atoms with E-state index < -0.39 is 30.0 Å². The van der Waals surface area contributed by atoms with E-state index in [4.69, 9.17) is 21.1 Å². The number of benzene rings is 1. The second kappa shape index (κ2) is 5.28. The molecule has 96 valence electrons. The van der Waals surface area contributed by atoms with Gasteiger partial charge in [-0.05, 0) is 24.1 Å². The lowest BCUT2D eigenvalue weighted by atomic mass is 9.93. The maximum atomic E-state index is 11.1. The molecule has 0 saturated heterocycles. The Balaban J connectivity index is 3.64. The van der Waals surface area contributed by atoms with E-state index in [0.29, 0.717) is 0 Å². The van der Waals surface area contributed by atoms with Crippen LogP contribution in [0.2, 0.25) is 0 Å². The van der Waals surface area contributed by atoms with Crippen LogP contribution in [0, 0.1) is 0 Å². The number of hydrogen-bond donors (Lipinski definition) is 4. The summed E-state index contributed by atoms with van der Waals surface area (Å²) in [6.07, 6.45) is -0.190. The molecule has 5 N–H and O–H groups in total. The molecule has 1 amide bonds. The number of hydrogen-bond acceptors (Lipinski definition) is 4. The third kappa shape index (κ3) is 2.46. The summed E-state index contributed by atoms with van der Waals surface area (Å²) in [5.41, 5.74) is 3.89. The van der Waals surface area contributed by atoms with E-state index in [0.717, 1.165) is 12.1 Å². The van der Waals surface area contributed by atoms with Crippen molar-refractivity contribution in [3.63, 3.8) is 0 Å². The molecule has 0 spiro atoms. The van der Waals surface area contributed by atoms with Crippen LogP contribution in [0.1, 0.15) is 36.6 Å². The van der Waals surface area contributed by atoms with Crippen molar-refractivity contribution in [3.05, 3.63) is 34.4 Å². The number of rotatable bonds is 5. The van der Waals surface area contributed by atoms with Gasteiger partial charge in [-0.25, -0.2) is 9.59 Å². The Hall–Kier alpha value is -2.41. The molecular formula is C11H11NO6. The predicted molar refractivity (Wildman–Crippen MR) is 59.7 cm³/mol. The van der Waals surface area contributed by atoms with E-state index in [9.17, 15) is 14.4 Å². The number of aliphatic hydroxyl groups is 1. The van der Waals surface area contributed by atoms with Crippen molar-refractivity contribution in [2.75, 3.05) is 6.61 Å². The van der Waals surface area contributed by atoms with Gasteiger partial charge in [-0.1, -0.05) is 0 Å². The third-order valence-electron chi connectivity index (χ3n) is 2.38. The normalized spacial score (nSPS) is 10.1. The maximum Gasteiger partial charge on any atom is 0.336 e. The summed E-state index contributed by atoms with van der Waals surface area (Å²) in [7, 11) is 0. The van der Waals surface area contributed by atoms with Gasteiger partial charge in [-0.3, -0.25) is 4.79 Å². The quantitative estimate of drug-likeness (QED) is 0.569. The van der Waals surface area contributed by atoms with Gasteiger partial charge in [0, 0.05) is 6.61 Å². The summed E-state index contributed by atoms with van der Waals surface area (Å²) in [4.78, 5) is 33.2. The van der Waals surface area contributed by atoms with E-state index in [1.54, 1.807) is 0 Å². The van der Waals surface area contributed by atoms with Gasteiger partial charge in [0.1, 0.15) is 0 Å². The van der Waals surface area contributed by atoms with Crippen molar-refractivity contribution in [1.29, 1.82) is 0 Å². The van der Waals surface area contributed by atoms with Gasteiger partial charge >= 0.3 is 11.9 Å². The summed E-state index contributed by atoms with van der Waals surface area (Å²) in [5, 5.41) is 26.8. The molecule has 18 heavy (non-hydrogen) atoms. The standard InChI is InChI=1S/C11H11NO6/c12-9(14)7-2-1-6(10(15)16)5(3-4-13)8(7)11(17)18/h1-2,13H,3-4H2,(H2,12,14)(H,15,16)(H,17,18). The molecule has 0 fully saturated rings. The largest absolute Gasteiger partial charge is 0.478 e. The third-order valence-corrected chi connectivity index (χ3v) is 2.38. The highest BCUT2D eigenvalue weighted by atomic mass is 16.4. The van der Waals surface area contributed by atoms with Crippen LogP contribution in [0.4, 0.5) is 0 Å². The molecule has 7 nitrogen and oxygen atoms in total. The van der Waals surface area contributed by atoms with E-state index >= 15 is 0 Å². The number of nitrogens with two attached hydrogens (primary N) is 1. The minimum atomic E-state index is -1.46. The first kappa shape index (κ1) is 13.7. The number of amides is 1. The fourth-order valence-electron chi connectivity index (χ4n) is 1.67. The van der Waals surface area contributed by atoms with Gasteiger partial charge in [-0.15, -0.1) is 0 Å². The summed E-state index contributed by atoms with van der Waals surface area (Å²) in [5.74, 6) is -3.77. The van der Waals surface area contributed by atoms with Crippen LogP contribution >= 0.6 is 0 Å². The molecule has 0 atom stereocenters. The molecule has 0 aromatic heterocycles. The minimum absolute atomic E-state index is 0.117. The smallest absolute Gasteiger partial charge is 0.336 e. The number of carbonyl (C=O) groups is 3. The molecule has 1 aromatic rings. The SMILES string of the molecule is NC(=O)c1ccc(C(=O)O)c(CCO)c1C(=O)O. The van der Waals surface area contributed by atoms with Crippen molar-refractivity contribution >= 4 is 17.8 Å². The predicted octanol–water partition coefficient (Wildman–Crippen LogP) is -0.283. The molecule has 0 aliphatic carbocycles. The molecule has 0 bridgehead atoms. The summed E-state index contributed by atoms with van der Waals surface area (Å²) in [6.45, 7) is -0.442. The highest BCUT2D eigenvalue weighted by Crippen LogP contribution is 2.20. The number of carboxylic acids is 2. The average Bonchev–Trinajstić information content (AvgIpc) is 2.27. The second-order valence-electron chi connectivity index (χ2n) is 3.46. The molecule has 0 aliphatic rings. The van der Waals surface area contributed by atoms with E-state index in [1.807, 2.05) is 0 Å². The lowest BCUT2D eigenvalue weighted by molar-refractivity contribution is 0.0689. The summed E-state index contributed by atoms with van der Waals surface area (Å²) < 4.78 is 0. The number of carboxylic acid groups (broad SMARTS) is 2. The van der Waals surface area contributed by atoms with Crippen LogP contribution in [0.3, 0.4) is 0 Å². The first-order valence-electron chi connectivity index (χ1n) is 4.93. The Morgan fingerprint density at radius 1 is 1.06 bits per heavy atom. The lowest BCUT2D eigenvalue weighted by Crippen LogP contribution is -2.20. The van der Waals surface area contributed by atoms with Gasteiger partial charge in [0.15, 0.2) is 0 Å². The zero-order chi connectivity index (χ0) is 13.9. The topological polar surface area (TPSA) is 138 Å². The van der Waals surface area contributed by atoms with Gasteiger partial charge in [0.05, 0.1) is 16.7 Å². The fraction of sp³-hybridized carbons (Fsp3) is 0.182. The maximum absolute atomic E-state index is 11.1. The van der Waals surface area contributed by atoms with Crippen molar-refractivity contribution in [1.82, 2.24) is 0 Å². The Morgan fingerprint density at radius 3 is 2.00 bits per heavy atom. The van der Waals surface area contributed by atoms with E-state index in [-0.39, 0.29) is 23.1 Å². The van der Waals surface area contributed by atoms with Gasteiger partial charge < -0.3 is 21.1 Å². The summed E-state index contributed by atoms with van der Waals surface area (Å²) in [6, 6.07) is 2.15. The van der Waals surface area contributed by atoms with Crippen LogP contribution in [0.5, 0.6) is 0 Å². The van der Waals surface area contributed by atoms with Crippen molar-refractivity contribution < 1.29 is 29.7 Å². The molecule has 0 aliphatic heterocycles. The number of primary amides is 1. The van der Waals surface area contributed by atoms with Gasteiger partial charge in [0.25, 0.3) is 0 Å². The first-order valence-corrected chi connectivity index (χ1v) is 4.93. The Bertz CT molecular complexity index is 523. The Morgan fingerprint density at radius 2 is 1.61 bits per heavy atom. The summed E-state index contributed by atoms with van der Waals surface area (Å²) >= 11 is 0. The Labute approximate surface area is 101 Å². The number of carbonyl (C=O) groups excluding carboxylic acids is 1. The molecule has 1 rings (SSSR count). The molecule has 1 aromatic carbocycles. The van der Waals surface area contributed by atoms with Crippen molar-refractivity contribution in [2.24, 2.45) is 5.73 Å². The fourth-order valence-corrected chi connectivity index (χ4v) is 1.67. The van der Waals surface area contributed by atoms with E-state index in [2.05, 4.69) is 0 Å². The van der Waals surface area contributed by atoms with E-state index in [1.165, 1.54) is 0 Å². The molecule has 0 radical (unpaired) electrons. The van der Waals surface area contributed by atoms with Crippen LogP contribution in [-0.4, -0.2) is 39.8 Å². The second-order valence-corrected chi connectivity index (χ2v) is 3.46. The van der Waals surface area contributed by atoms with Crippen molar-refractivity contribution in [2.45, 2.75) is 6.42 Å². The van der Waals surface area contributed by atoms with Crippen LogP contribution < -0.4 is 5.73 Å².